The Morgan fingerprint density at radius 1 is 0.905 bits per heavy atom. The van der Waals surface area contributed by atoms with E-state index in [4.69, 9.17) is 0 Å². The van der Waals surface area contributed by atoms with Gasteiger partial charge >= 0.3 is 6.18 Å². The van der Waals surface area contributed by atoms with E-state index >= 15 is 0 Å². The molecule has 1 nitrogen and oxygen atoms in total. The van der Waals surface area contributed by atoms with Crippen molar-refractivity contribution in [3.8, 4) is 11.1 Å². The SMILES string of the molecule is FC(F)(F)COCC(Br)c1ccc(-c2ccccc2)cc1. The largest absolute Gasteiger partial charge is 0.411 e. The molecule has 2 aromatic rings. The van der Waals surface area contributed by atoms with Gasteiger partial charge in [-0.2, -0.15) is 13.2 Å². The maximum absolute atomic E-state index is 12.0. The van der Waals surface area contributed by atoms with Crippen LogP contribution < -0.4 is 0 Å². The van der Waals surface area contributed by atoms with Crippen molar-refractivity contribution in [1.82, 2.24) is 0 Å². The molecule has 0 spiro atoms. The quantitative estimate of drug-likeness (QED) is 0.653. The maximum Gasteiger partial charge on any atom is 0.411 e. The number of hydrogen-bond acceptors (Lipinski definition) is 1. The van der Waals surface area contributed by atoms with Crippen molar-refractivity contribution in [2.45, 2.75) is 11.0 Å². The molecule has 112 valence electrons. The fraction of sp³-hybridized carbons (Fsp3) is 0.250. The Morgan fingerprint density at radius 3 is 2.05 bits per heavy atom. The minimum atomic E-state index is -4.29. The summed E-state index contributed by atoms with van der Waals surface area (Å²) >= 11 is 3.34. The monoisotopic (exact) mass is 358 g/mol. The van der Waals surface area contributed by atoms with Gasteiger partial charge in [0.05, 0.1) is 11.4 Å². The molecule has 0 amide bonds. The van der Waals surface area contributed by atoms with Crippen LogP contribution in [0.2, 0.25) is 0 Å². The van der Waals surface area contributed by atoms with E-state index in [0.717, 1.165) is 16.7 Å². The first-order valence-corrected chi connectivity index (χ1v) is 7.31. The highest BCUT2D eigenvalue weighted by Crippen LogP contribution is 2.27. The van der Waals surface area contributed by atoms with Gasteiger partial charge in [0.15, 0.2) is 0 Å². The van der Waals surface area contributed by atoms with E-state index in [0.29, 0.717) is 0 Å². The van der Waals surface area contributed by atoms with Crippen LogP contribution in [0.3, 0.4) is 0 Å². The maximum atomic E-state index is 12.0. The molecule has 0 aliphatic carbocycles. The lowest BCUT2D eigenvalue weighted by molar-refractivity contribution is -0.173. The van der Waals surface area contributed by atoms with Gasteiger partial charge in [-0.25, -0.2) is 0 Å². The van der Waals surface area contributed by atoms with Gasteiger partial charge in [0.2, 0.25) is 0 Å². The molecule has 0 aromatic heterocycles. The first-order chi connectivity index (χ1) is 9.96. The average Bonchev–Trinajstić information content (AvgIpc) is 2.47. The van der Waals surface area contributed by atoms with Crippen molar-refractivity contribution in [2.24, 2.45) is 0 Å². The Kier molecular flexibility index (Phi) is 5.42. The van der Waals surface area contributed by atoms with E-state index in [-0.39, 0.29) is 11.4 Å². The van der Waals surface area contributed by atoms with Crippen LogP contribution in [-0.2, 0) is 4.74 Å². The predicted molar refractivity (Wildman–Crippen MR) is 80.4 cm³/mol. The summed E-state index contributed by atoms with van der Waals surface area (Å²) in [6.45, 7) is -1.25. The van der Waals surface area contributed by atoms with E-state index in [9.17, 15) is 13.2 Å². The predicted octanol–water partition coefficient (Wildman–Crippen LogP) is 5.37. The molecule has 0 saturated heterocycles. The topological polar surface area (TPSA) is 9.23 Å². The van der Waals surface area contributed by atoms with Gasteiger partial charge in [-0.3, -0.25) is 0 Å². The van der Waals surface area contributed by atoms with Gasteiger partial charge in [-0.1, -0.05) is 70.5 Å². The third-order valence-electron chi connectivity index (χ3n) is 2.91. The number of rotatable bonds is 5. The normalized spacial score (nSPS) is 13.1. The average molecular weight is 359 g/mol. The molecule has 0 aliphatic heterocycles. The van der Waals surface area contributed by atoms with Crippen LogP contribution in [0.1, 0.15) is 10.4 Å². The Hall–Kier alpha value is -1.33. The molecule has 1 unspecified atom stereocenters. The first kappa shape index (κ1) is 16.0. The molecule has 2 aromatic carbocycles. The zero-order chi connectivity index (χ0) is 15.3. The molecule has 0 saturated carbocycles. The van der Waals surface area contributed by atoms with Crippen LogP contribution in [-0.4, -0.2) is 19.4 Å². The van der Waals surface area contributed by atoms with Crippen LogP contribution in [0.25, 0.3) is 11.1 Å². The fourth-order valence-corrected chi connectivity index (χ4v) is 2.38. The van der Waals surface area contributed by atoms with Gasteiger partial charge in [-0.05, 0) is 16.7 Å². The standard InChI is InChI=1S/C16H14BrF3O/c17-15(10-21-11-16(18,19)20)14-8-6-13(7-9-14)12-4-2-1-3-5-12/h1-9,15H,10-11H2. The van der Waals surface area contributed by atoms with E-state index in [1.807, 2.05) is 54.6 Å². The molecule has 21 heavy (non-hydrogen) atoms. The minimum Gasteiger partial charge on any atom is -0.371 e. The van der Waals surface area contributed by atoms with E-state index in [1.165, 1.54) is 0 Å². The summed E-state index contributed by atoms with van der Waals surface area (Å²) in [5, 5.41) is 0. The van der Waals surface area contributed by atoms with Gasteiger partial charge in [0, 0.05) is 0 Å². The van der Waals surface area contributed by atoms with Crippen LogP contribution in [0.15, 0.2) is 54.6 Å². The molecule has 0 fully saturated rings. The molecule has 0 radical (unpaired) electrons. The van der Waals surface area contributed by atoms with Crippen molar-refractivity contribution in [3.63, 3.8) is 0 Å². The van der Waals surface area contributed by atoms with Crippen LogP contribution in [0.4, 0.5) is 13.2 Å². The van der Waals surface area contributed by atoms with Crippen LogP contribution in [0.5, 0.6) is 0 Å². The number of benzene rings is 2. The minimum absolute atomic E-state index is 0.0236. The lowest BCUT2D eigenvalue weighted by Crippen LogP contribution is -2.18. The number of ether oxygens (including phenoxy) is 1. The summed E-state index contributed by atoms with van der Waals surface area (Å²) in [6.07, 6.45) is -4.29. The smallest absolute Gasteiger partial charge is 0.371 e. The highest BCUT2D eigenvalue weighted by atomic mass is 79.9. The number of alkyl halides is 4. The third-order valence-corrected chi connectivity index (χ3v) is 3.70. The van der Waals surface area contributed by atoms with Crippen molar-refractivity contribution in [2.75, 3.05) is 13.2 Å². The third kappa shape index (κ3) is 5.17. The molecule has 2 rings (SSSR count). The Morgan fingerprint density at radius 2 is 1.48 bits per heavy atom. The molecule has 0 aliphatic rings. The fourth-order valence-electron chi connectivity index (χ4n) is 1.89. The van der Waals surface area contributed by atoms with Gasteiger partial charge in [0.25, 0.3) is 0 Å². The lowest BCUT2D eigenvalue weighted by atomic mass is 10.0. The zero-order valence-electron chi connectivity index (χ0n) is 11.1. The van der Waals surface area contributed by atoms with Gasteiger partial charge < -0.3 is 4.74 Å². The Balaban J connectivity index is 1.96. The molecule has 1 atom stereocenters. The van der Waals surface area contributed by atoms with Crippen molar-refractivity contribution in [1.29, 1.82) is 0 Å². The highest BCUT2D eigenvalue weighted by molar-refractivity contribution is 9.09. The molecule has 0 heterocycles. The second-order valence-corrected chi connectivity index (χ2v) is 5.69. The summed E-state index contributed by atoms with van der Waals surface area (Å²) in [5.41, 5.74) is 3.05. The Bertz CT molecular complexity index is 552. The summed E-state index contributed by atoms with van der Waals surface area (Å²) in [7, 11) is 0. The van der Waals surface area contributed by atoms with E-state index in [1.54, 1.807) is 0 Å². The zero-order valence-corrected chi connectivity index (χ0v) is 12.7. The summed E-state index contributed by atoms with van der Waals surface area (Å²) < 4.78 is 40.7. The summed E-state index contributed by atoms with van der Waals surface area (Å²) in [6, 6.07) is 17.6. The van der Waals surface area contributed by atoms with Crippen molar-refractivity contribution >= 4 is 15.9 Å². The molecule has 0 N–H and O–H groups in total. The highest BCUT2D eigenvalue weighted by Gasteiger charge is 2.27. The number of hydrogen-bond donors (Lipinski definition) is 0. The van der Waals surface area contributed by atoms with Crippen molar-refractivity contribution < 1.29 is 17.9 Å². The van der Waals surface area contributed by atoms with Crippen LogP contribution in [0, 0.1) is 0 Å². The second kappa shape index (κ2) is 7.09. The van der Waals surface area contributed by atoms with Gasteiger partial charge in [-0.15, -0.1) is 0 Å². The second-order valence-electron chi connectivity index (χ2n) is 4.59. The lowest BCUT2D eigenvalue weighted by Gasteiger charge is -2.13. The van der Waals surface area contributed by atoms with Gasteiger partial charge in [0.1, 0.15) is 6.61 Å². The molecule has 0 bridgehead atoms. The molecular formula is C16H14BrF3O. The number of halogens is 4. The van der Waals surface area contributed by atoms with E-state index in [2.05, 4.69) is 20.7 Å². The molecular weight excluding hydrogens is 345 g/mol. The first-order valence-electron chi connectivity index (χ1n) is 6.40. The van der Waals surface area contributed by atoms with E-state index < -0.39 is 12.8 Å². The molecule has 5 heteroatoms. The summed E-state index contributed by atoms with van der Waals surface area (Å²) in [4.78, 5) is -0.260. The van der Waals surface area contributed by atoms with Crippen LogP contribution >= 0.6 is 15.9 Å². The van der Waals surface area contributed by atoms with Crippen molar-refractivity contribution in [3.05, 3.63) is 60.2 Å². The Labute approximate surface area is 129 Å². The summed E-state index contributed by atoms with van der Waals surface area (Å²) in [5.74, 6) is 0.